The van der Waals surface area contributed by atoms with Crippen molar-refractivity contribution < 1.29 is 23.9 Å². The van der Waals surface area contributed by atoms with Gasteiger partial charge in [-0.15, -0.1) is 0 Å². The molecule has 0 aromatic heterocycles. The van der Waals surface area contributed by atoms with E-state index in [1.165, 1.54) is 0 Å². The average molecular weight is 542 g/mol. The molecular formula is C33H51NO5. The first-order valence-electron chi connectivity index (χ1n) is 15.1. The van der Waals surface area contributed by atoms with E-state index in [-0.39, 0.29) is 42.0 Å². The number of carbonyl (C=O) groups excluding carboxylic acids is 4. The number of rotatable bonds is 20. The number of benzene rings is 1. The third-order valence-corrected chi connectivity index (χ3v) is 7.73. The number of amides is 1. The number of Topliss-reactive ketones (excluding diaryl/α,β-unsaturated/α-hetero) is 3. The molecule has 1 N–H and O–H groups in total. The second kappa shape index (κ2) is 16.1. The van der Waals surface area contributed by atoms with Crippen molar-refractivity contribution in [3.05, 3.63) is 35.4 Å². The standard InChI is InChI=1S/C33H51NO5/c1-7-9-11-12-28(35)20-27(19-25-16-14-24(5)15-17-25)32(38)34-29(13-10-8-2)30(36)21-26(18-23(3)4)31(37)33(6)22-39-33/h14-17,23,26-27,29H,7-13,18-22H2,1-6H3,(H,34,38)/t26-,27-,29+,33-/m1/s1. The predicted octanol–water partition coefficient (Wildman–Crippen LogP) is 6.35. The Kier molecular flexibility index (Phi) is 13.5. The van der Waals surface area contributed by atoms with Gasteiger partial charge in [-0.1, -0.05) is 83.2 Å². The van der Waals surface area contributed by atoms with Gasteiger partial charge in [0, 0.05) is 31.1 Å². The highest BCUT2D eigenvalue weighted by molar-refractivity contribution is 5.97. The normalized spacial score (nSPS) is 18.8. The molecule has 2 rings (SSSR count). The van der Waals surface area contributed by atoms with Gasteiger partial charge in [-0.05, 0) is 51.0 Å². The first-order valence-corrected chi connectivity index (χ1v) is 15.1. The van der Waals surface area contributed by atoms with E-state index in [2.05, 4.69) is 19.2 Å². The van der Waals surface area contributed by atoms with Crippen LogP contribution in [-0.4, -0.2) is 41.5 Å². The van der Waals surface area contributed by atoms with Crippen LogP contribution in [-0.2, 0) is 30.3 Å². The van der Waals surface area contributed by atoms with Gasteiger partial charge >= 0.3 is 0 Å². The maximum absolute atomic E-state index is 13.6. The van der Waals surface area contributed by atoms with Crippen LogP contribution in [0, 0.1) is 24.7 Å². The predicted molar refractivity (Wildman–Crippen MR) is 156 cm³/mol. The highest BCUT2D eigenvalue weighted by Gasteiger charge is 2.50. The lowest BCUT2D eigenvalue weighted by Crippen LogP contribution is -2.46. The molecule has 1 aromatic carbocycles. The van der Waals surface area contributed by atoms with Crippen molar-refractivity contribution in [1.82, 2.24) is 5.32 Å². The van der Waals surface area contributed by atoms with Crippen LogP contribution < -0.4 is 5.32 Å². The van der Waals surface area contributed by atoms with E-state index in [1.54, 1.807) is 6.92 Å². The summed E-state index contributed by atoms with van der Waals surface area (Å²) in [6, 6.07) is 7.36. The smallest absolute Gasteiger partial charge is 0.224 e. The third kappa shape index (κ3) is 11.4. The fraction of sp³-hybridized carbons (Fsp3) is 0.697. The first kappa shape index (κ1) is 32.9. The van der Waals surface area contributed by atoms with Gasteiger partial charge < -0.3 is 10.1 Å². The molecule has 1 amide bonds. The molecule has 1 aliphatic heterocycles. The monoisotopic (exact) mass is 541 g/mol. The molecule has 6 heteroatoms. The van der Waals surface area contributed by atoms with Crippen molar-refractivity contribution in [2.45, 2.75) is 124 Å². The van der Waals surface area contributed by atoms with E-state index >= 15 is 0 Å². The number of aryl methyl sites for hydroxylation is 1. The largest absolute Gasteiger partial charge is 0.362 e. The minimum Gasteiger partial charge on any atom is -0.362 e. The van der Waals surface area contributed by atoms with Crippen LogP contribution >= 0.6 is 0 Å². The van der Waals surface area contributed by atoms with Crippen molar-refractivity contribution in [1.29, 1.82) is 0 Å². The lowest BCUT2D eigenvalue weighted by atomic mass is 9.82. The van der Waals surface area contributed by atoms with Crippen molar-refractivity contribution in [2.24, 2.45) is 17.8 Å². The highest BCUT2D eigenvalue weighted by Crippen LogP contribution is 2.34. The van der Waals surface area contributed by atoms with Crippen molar-refractivity contribution in [2.75, 3.05) is 6.61 Å². The quantitative estimate of drug-likeness (QED) is 0.153. The van der Waals surface area contributed by atoms with Gasteiger partial charge in [-0.2, -0.15) is 0 Å². The number of ketones is 3. The molecule has 4 atom stereocenters. The first-order chi connectivity index (χ1) is 18.5. The summed E-state index contributed by atoms with van der Waals surface area (Å²) in [5.74, 6) is -0.982. The fourth-order valence-corrected chi connectivity index (χ4v) is 5.15. The van der Waals surface area contributed by atoms with Gasteiger partial charge in [0.1, 0.15) is 11.4 Å². The maximum Gasteiger partial charge on any atom is 0.224 e. The summed E-state index contributed by atoms with van der Waals surface area (Å²) < 4.78 is 5.40. The summed E-state index contributed by atoms with van der Waals surface area (Å²) in [6.07, 6.45) is 6.88. The van der Waals surface area contributed by atoms with Gasteiger partial charge in [-0.3, -0.25) is 19.2 Å². The lowest BCUT2D eigenvalue weighted by Gasteiger charge is -2.25. The molecule has 1 aliphatic rings. The van der Waals surface area contributed by atoms with E-state index < -0.39 is 23.5 Å². The summed E-state index contributed by atoms with van der Waals surface area (Å²) >= 11 is 0. The Hall–Kier alpha value is -2.34. The van der Waals surface area contributed by atoms with Crippen LogP contribution in [0.25, 0.3) is 0 Å². The van der Waals surface area contributed by atoms with Crippen LogP contribution in [0.3, 0.4) is 0 Å². The van der Waals surface area contributed by atoms with Crippen LogP contribution in [0.5, 0.6) is 0 Å². The van der Waals surface area contributed by atoms with Crippen molar-refractivity contribution in [3.8, 4) is 0 Å². The summed E-state index contributed by atoms with van der Waals surface area (Å²) in [5.41, 5.74) is 1.36. The van der Waals surface area contributed by atoms with E-state index in [9.17, 15) is 19.2 Å². The van der Waals surface area contributed by atoms with Gasteiger partial charge in [0.05, 0.1) is 12.6 Å². The van der Waals surface area contributed by atoms with Crippen LogP contribution in [0.1, 0.15) is 110 Å². The minimum atomic E-state index is -0.779. The molecule has 1 fully saturated rings. The number of ether oxygens (including phenoxy) is 1. The van der Waals surface area contributed by atoms with Crippen molar-refractivity contribution in [3.63, 3.8) is 0 Å². The molecule has 0 radical (unpaired) electrons. The number of nitrogens with one attached hydrogen (secondary N) is 1. The zero-order chi connectivity index (χ0) is 29.0. The molecule has 39 heavy (non-hydrogen) atoms. The lowest BCUT2D eigenvalue weighted by molar-refractivity contribution is -0.135. The van der Waals surface area contributed by atoms with E-state index in [1.807, 2.05) is 45.0 Å². The Morgan fingerprint density at radius 1 is 0.949 bits per heavy atom. The number of hydrogen-bond acceptors (Lipinski definition) is 5. The third-order valence-electron chi connectivity index (χ3n) is 7.73. The molecule has 218 valence electrons. The van der Waals surface area contributed by atoms with Gasteiger partial charge in [0.2, 0.25) is 5.91 Å². The summed E-state index contributed by atoms with van der Waals surface area (Å²) in [4.78, 5) is 53.1. The molecule has 6 nitrogen and oxygen atoms in total. The zero-order valence-corrected chi connectivity index (χ0v) is 25.1. The second-order valence-electron chi connectivity index (χ2n) is 12.2. The van der Waals surface area contributed by atoms with Crippen LogP contribution in [0.2, 0.25) is 0 Å². The summed E-state index contributed by atoms with van der Waals surface area (Å²) in [5, 5.41) is 3.02. The Balaban J connectivity index is 2.18. The van der Waals surface area contributed by atoms with Gasteiger partial charge in [0.25, 0.3) is 0 Å². The summed E-state index contributed by atoms with van der Waals surface area (Å²) in [7, 11) is 0. The molecule has 0 unspecified atom stereocenters. The van der Waals surface area contributed by atoms with Crippen molar-refractivity contribution >= 4 is 23.3 Å². The zero-order valence-electron chi connectivity index (χ0n) is 25.1. The van der Waals surface area contributed by atoms with E-state index in [4.69, 9.17) is 4.74 Å². The number of unbranched alkanes of at least 4 members (excludes halogenated alkanes) is 3. The Bertz CT molecular complexity index is 947. The minimum absolute atomic E-state index is 0.0139. The molecule has 1 aromatic rings. The number of epoxide rings is 1. The van der Waals surface area contributed by atoms with E-state index in [0.717, 1.165) is 43.2 Å². The number of carbonyl (C=O) groups is 4. The van der Waals surface area contributed by atoms with E-state index in [0.29, 0.717) is 32.3 Å². The SMILES string of the molecule is CCCCCC(=O)C[C@@H](Cc1ccc(C)cc1)C(=O)N[C@@H](CCCC)C(=O)C[C@@H](CC(C)C)C(=O)[C@@]1(C)CO1. The maximum atomic E-state index is 13.6. The fourth-order valence-electron chi connectivity index (χ4n) is 5.15. The molecule has 0 saturated carbocycles. The Morgan fingerprint density at radius 3 is 2.15 bits per heavy atom. The molecule has 0 aliphatic carbocycles. The van der Waals surface area contributed by atoms with Gasteiger partial charge in [-0.25, -0.2) is 0 Å². The van der Waals surface area contributed by atoms with Gasteiger partial charge in [0.15, 0.2) is 11.6 Å². The Labute approximate surface area is 236 Å². The highest BCUT2D eigenvalue weighted by atomic mass is 16.6. The molecule has 1 heterocycles. The molecule has 0 spiro atoms. The molecule has 0 bridgehead atoms. The topological polar surface area (TPSA) is 92.8 Å². The van der Waals surface area contributed by atoms with Crippen LogP contribution in [0.4, 0.5) is 0 Å². The average Bonchev–Trinajstić information content (AvgIpc) is 3.64. The van der Waals surface area contributed by atoms with Crippen LogP contribution in [0.15, 0.2) is 24.3 Å². The summed E-state index contributed by atoms with van der Waals surface area (Å²) in [6.45, 7) is 12.4. The number of hydrogen-bond donors (Lipinski definition) is 1. The molecular weight excluding hydrogens is 490 g/mol. The second-order valence-corrected chi connectivity index (χ2v) is 12.2. The Morgan fingerprint density at radius 2 is 1.59 bits per heavy atom. The molecule has 1 saturated heterocycles.